The van der Waals surface area contributed by atoms with Gasteiger partial charge in [0, 0.05) is 11.8 Å². The molecule has 6 heteroatoms. The highest BCUT2D eigenvalue weighted by atomic mass is 16.6. The number of nitrogens with one attached hydrogen (secondary N) is 1. The van der Waals surface area contributed by atoms with Crippen molar-refractivity contribution in [3.8, 4) is 11.1 Å². The van der Waals surface area contributed by atoms with Crippen LogP contribution in [0.1, 0.15) is 37.3 Å². The summed E-state index contributed by atoms with van der Waals surface area (Å²) >= 11 is 0. The molecule has 2 atom stereocenters. The molecule has 2 N–H and O–H groups in total. The summed E-state index contributed by atoms with van der Waals surface area (Å²) in [6.07, 6.45) is -0.797. The van der Waals surface area contributed by atoms with Crippen molar-refractivity contribution in [1.29, 1.82) is 0 Å². The number of ether oxygens (including phenoxy) is 2. The molecule has 2 unspecified atom stereocenters. The number of rotatable bonds is 6. The maximum absolute atomic E-state index is 12.8. The van der Waals surface area contributed by atoms with Crippen LogP contribution in [-0.2, 0) is 14.3 Å². The zero-order valence-electron chi connectivity index (χ0n) is 17.3. The molecule has 1 aliphatic heterocycles. The standard InChI is InChI=1S/C24H27NO5/c1-15(2)21-13-29-14-24(21,11-22(26)27)25-23(28)30-12-20-18-9-5-3-7-16(18)17-8-4-6-10-19(17)20/h3-10,15,20-21H,11-14H2,1-2H3,(H,25,28)(H,26,27). The lowest BCUT2D eigenvalue weighted by atomic mass is 9.77. The number of carboxylic acids is 1. The van der Waals surface area contributed by atoms with Gasteiger partial charge in [0.2, 0.25) is 0 Å². The summed E-state index contributed by atoms with van der Waals surface area (Å²) in [5, 5.41) is 12.3. The van der Waals surface area contributed by atoms with Crippen LogP contribution in [-0.4, -0.2) is 42.5 Å². The molecular formula is C24H27NO5. The van der Waals surface area contributed by atoms with Gasteiger partial charge in [-0.2, -0.15) is 0 Å². The van der Waals surface area contributed by atoms with E-state index in [0.29, 0.717) is 6.61 Å². The van der Waals surface area contributed by atoms with Crippen molar-refractivity contribution < 1.29 is 24.2 Å². The van der Waals surface area contributed by atoms with Crippen molar-refractivity contribution in [3.05, 3.63) is 59.7 Å². The molecule has 1 saturated heterocycles. The molecule has 158 valence electrons. The fraction of sp³-hybridized carbons (Fsp3) is 0.417. The van der Waals surface area contributed by atoms with Crippen LogP contribution in [0, 0.1) is 11.8 Å². The van der Waals surface area contributed by atoms with E-state index >= 15 is 0 Å². The average Bonchev–Trinajstić information content (AvgIpc) is 3.25. The minimum absolute atomic E-state index is 0.0423. The molecule has 0 radical (unpaired) electrons. The van der Waals surface area contributed by atoms with Crippen LogP contribution in [0.5, 0.6) is 0 Å². The number of hydrogen-bond donors (Lipinski definition) is 2. The number of fused-ring (bicyclic) bond motifs is 3. The molecule has 6 nitrogen and oxygen atoms in total. The van der Waals surface area contributed by atoms with E-state index < -0.39 is 17.6 Å². The van der Waals surface area contributed by atoms with Crippen LogP contribution in [0.4, 0.5) is 4.79 Å². The third-order valence-corrected chi connectivity index (χ3v) is 6.33. The van der Waals surface area contributed by atoms with E-state index in [-0.39, 0.29) is 37.4 Å². The van der Waals surface area contributed by atoms with Gasteiger partial charge in [0.15, 0.2) is 0 Å². The molecule has 2 aliphatic rings. The summed E-state index contributed by atoms with van der Waals surface area (Å²) in [6.45, 7) is 4.81. The van der Waals surface area contributed by atoms with Gasteiger partial charge in [0.25, 0.3) is 0 Å². The Morgan fingerprint density at radius 3 is 2.30 bits per heavy atom. The molecule has 0 aromatic heterocycles. The lowest BCUT2D eigenvalue weighted by molar-refractivity contribution is -0.139. The average molecular weight is 409 g/mol. The summed E-state index contributed by atoms with van der Waals surface area (Å²) in [7, 11) is 0. The Labute approximate surface area is 176 Å². The van der Waals surface area contributed by atoms with Crippen LogP contribution >= 0.6 is 0 Å². The smallest absolute Gasteiger partial charge is 0.407 e. The normalized spacial score (nSPS) is 22.6. The lowest BCUT2D eigenvalue weighted by Crippen LogP contribution is -2.56. The highest BCUT2D eigenvalue weighted by Gasteiger charge is 2.48. The highest BCUT2D eigenvalue weighted by molar-refractivity contribution is 5.79. The summed E-state index contributed by atoms with van der Waals surface area (Å²) in [6, 6.07) is 16.3. The number of amides is 1. The first-order valence-electron chi connectivity index (χ1n) is 10.3. The second kappa shape index (κ2) is 8.11. The second-order valence-corrected chi connectivity index (χ2v) is 8.54. The van der Waals surface area contributed by atoms with E-state index in [9.17, 15) is 14.7 Å². The number of carboxylic acid groups (broad SMARTS) is 1. The zero-order valence-corrected chi connectivity index (χ0v) is 17.3. The Balaban J connectivity index is 1.50. The Morgan fingerprint density at radius 1 is 1.13 bits per heavy atom. The topological polar surface area (TPSA) is 84.9 Å². The molecule has 0 bridgehead atoms. The predicted octanol–water partition coefficient (Wildman–Crippen LogP) is 4.04. The maximum Gasteiger partial charge on any atom is 0.407 e. The Morgan fingerprint density at radius 2 is 1.73 bits per heavy atom. The first kappa shape index (κ1) is 20.4. The van der Waals surface area contributed by atoms with Gasteiger partial charge in [-0.05, 0) is 28.2 Å². The summed E-state index contributed by atoms with van der Waals surface area (Å²) in [4.78, 5) is 24.3. The SMILES string of the molecule is CC(C)C1COCC1(CC(=O)O)NC(=O)OCC1c2ccccc2-c2ccccc21. The first-order valence-corrected chi connectivity index (χ1v) is 10.3. The zero-order chi connectivity index (χ0) is 21.3. The van der Waals surface area contributed by atoms with Gasteiger partial charge in [-0.25, -0.2) is 4.79 Å². The Bertz CT molecular complexity index is 911. The molecule has 2 aromatic carbocycles. The van der Waals surface area contributed by atoms with Crippen LogP contribution in [0.15, 0.2) is 48.5 Å². The Kier molecular flexibility index (Phi) is 5.52. The lowest BCUT2D eigenvalue weighted by Gasteiger charge is -2.35. The third kappa shape index (κ3) is 3.67. The van der Waals surface area contributed by atoms with Gasteiger partial charge < -0.3 is 19.9 Å². The second-order valence-electron chi connectivity index (χ2n) is 8.54. The molecule has 30 heavy (non-hydrogen) atoms. The van der Waals surface area contributed by atoms with Crippen molar-refractivity contribution in [2.75, 3.05) is 19.8 Å². The van der Waals surface area contributed by atoms with Gasteiger partial charge in [-0.15, -0.1) is 0 Å². The number of aliphatic carboxylic acids is 1. The summed E-state index contributed by atoms with van der Waals surface area (Å²) < 4.78 is 11.2. The molecule has 1 amide bonds. The number of carbonyl (C=O) groups excluding carboxylic acids is 1. The van der Waals surface area contributed by atoms with Crippen molar-refractivity contribution in [2.24, 2.45) is 11.8 Å². The molecule has 0 saturated carbocycles. The van der Waals surface area contributed by atoms with E-state index in [0.717, 1.165) is 22.3 Å². The minimum Gasteiger partial charge on any atom is -0.481 e. The maximum atomic E-state index is 12.8. The van der Waals surface area contributed by atoms with Crippen molar-refractivity contribution in [2.45, 2.75) is 31.7 Å². The van der Waals surface area contributed by atoms with Crippen molar-refractivity contribution >= 4 is 12.1 Å². The Hall–Kier alpha value is -2.86. The minimum atomic E-state index is -0.968. The number of benzene rings is 2. The summed E-state index contributed by atoms with van der Waals surface area (Å²) in [5.74, 6) is -0.931. The van der Waals surface area contributed by atoms with Crippen molar-refractivity contribution in [1.82, 2.24) is 5.32 Å². The van der Waals surface area contributed by atoms with Gasteiger partial charge >= 0.3 is 12.1 Å². The fourth-order valence-corrected chi connectivity index (χ4v) is 4.93. The molecule has 1 aliphatic carbocycles. The van der Waals surface area contributed by atoms with Crippen LogP contribution in [0.3, 0.4) is 0 Å². The van der Waals surface area contributed by atoms with E-state index in [1.54, 1.807) is 0 Å². The third-order valence-electron chi connectivity index (χ3n) is 6.33. The van der Waals surface area contributed by atoms with Crippen LogP contribution < -0.4 is 5.32 Å². The quantitative estimate of drug-likeness (QED) is 0.752. The largest absolute Gasteiger partial charge is 0.481 e. The van der Waals surface area contributed by atoms with Gasteiger partial charge in [-0.3, -0.25) is 4.79 Å². The molecule has 1 heterocycles. The summed E-state index contributed by atoms with van der Waals surface area (Å²) in [5.41, 5.74) is 3.64. The fourth-order valence-electron chi connectivity index (χ4n) is 4.93. The van der Waals surface area contributed by atoms with Gasteiger partial charge in [-0.1, -0.05) is 62.4 Å². The van der Waals surface area contributed by atoms with E-state index in [1.807, 2.05) is 38.1 Å². The highest BCUT2D eigenvalue weighted by Crippen LogP contribution is 2.44. The predicted molar refractivity (Wildman–Crippen MR) is 112 cm³/mol. The van der Waals surface area contributed by atoms with E-state index in [2.05, 4.69) is 29.6 Å². The number of hydrogen-bond acceptors (Lipinski definition) is 4. The molecule has 2 aromatic rings. The number of alkyl carbamates (subject to hydrolysis) is 1. The van der Waals surface area contributed by atoms with Crippen LogP contribution in [0.25, 0.3) is 11.1 Å². The van der Waals surface area contributed by atoms with Gasteiger partial charge in [0.1, 0.15) is 6.61 Å². The molecular weight excluding hydrogens is 382 g/mol. The monoisotopic (exact) mass is 409 g/mol. The molecule has 4 rings (SSSR count). The van der Waals surface area contributed by atoms with Crippen molar-refractivity contribution in [3.63, 3.8) is 0 Å². The number of carbonyl (C=O) groups is 2. The first-order chi connectivity index (χ1) is 14.4. The van der Waals surface area contributed by atoms with E-state index in [4.69, 9.17) is 9.47 Å². The van der Waals surface area contributed by atoms with Gasteiger partial charge in [0.05, 0.1) is 25.2 Å². The van der Waals surface area contributed by atoms with Crippen LogP contribution in [0.2, 0.25) is 0 Å². The van der Waals surface area contributed by atoms with E-state index in [1.165, 1.54) is 0 Å². The molecule has 0 spiro atoms. The molecule has 1 fully saturated rings.